The van der Waals surface area contributed by atoms with Gasteiger partial charge >= 0.3 is 0 Å². The van der Waals surface area contributed by atoms with Crippen molar-refractivity contribution in [2.24, 2.45) is 0 Å². The Morgan fingerprint density at radius 3 is 1.70 bits per heavy atom. The molecule has 0 spiro atoms. The van der Waals surface area contributed by atoms with Crippen LogP contribution >= 0.6 is 0 Å². The minimum Gasteiger partial charge on any atom is -0.497 e. The molecule has 0 heterocycles. The van der Waals surface area contributed by atoms with Crippen LogP contribution in [0.3, 0.4) is 0 Å². The molecule has 0 aromatic heterocycles. The molecule has 30 heavy (non-hydrogen) atoms. The molecule has 2 heteroatoms. The first-order valence-corrected chi connectivity index (χ1v) is 11.3. The lowest BCUT2D eigenvalue weighted by atomic mass is 10.0. The molecular weight excluding hydrogens is 384 g/mol. The van der Waals surface area contributed by atoms with Crippen molar-refractivity contribution in [1.82, 2.24) is 0 Å². The second kappa shape index (κ2) is 7.89. The summed E-state index contributed by atoms with van der Waals surface area (Å²) in [5.74, 6) is 0.885. The second-order valence-corrected chi connectivity index (χ2v) is 9.53. The van der Waals surface area contributed by atoms with E-state index in [0.717, 1.165) is 5.75 Å². The number of methoxy groups -OCH3 is 1. The zero-order chi connectivity index (χ0) is 20.5. The van der Waals surface area contributed by atoms with E-state index in [-0.39, 0.29) is 10.9 Å². The van der Waals surface area contributed by atoms with Gasteiger partial charge in [-0.3, -0.25) is 0 Å². The van der Waals surface area contributed by atoms with E-state index < -0.39 is 0 Å². The van der Waals surface area contributed by atoms with Gasteiger partial charge in [-0.1, -0.05) is 42.0 Å². The molecule has 5 aromatic rings. The van der Waals surface area contributed by atoms with Gasteiger partial charge in [0.25, 0.3) is 0 Å². The van der Waals surface area contributed by atoms with Gasteiger partial charge in [-0.05, 0) is 89.1 Å². The Morgan fingerprint density at radius 1 is 0.533 bits per heavy atom. The maximum absolute atomic E-state index is 5.38. The summed E-state index contributed by atoms with van der Waals surface area (Å²) in [6.07, 6.45) is 0. The predicted octanol–water partition coefficient (Wildman–Crippen LogP) is 7.41. The van der Waals surface area contributed by atoms with E-state index >= 15 is 0 Å². The minimum atomic E-state index is -0.178. The number of benzene rings is 5. The van der Waals surface area contributed by atoms with E-state index in [1.165, 1.54) is 41.8 Å². The first-order chi connectivity index (χ1) is 14.7. The molecule has 146 valence electrons. The van der Waals surface area contributed by atoms with Crippen LogP contribution in [-0.4, -0.2) is 7.11 Å². The van der Waals surface area contributed by atoms with Crippen LogP contribution < -0.4 is 4.74 Å². The van der Waals surface area contributed by atoms with Crippen LogP contribution in [0.4, 0.5) is 0 Å². The van der Waals surface area contributed by atoms with Gasteiger partial charge in [-0.15, -0.1) is 0 Å². The molecule has 0 amide bonds. The zero-order valence-electron chi connectivity index (χ0n) is 17.1. The van der Waals surface area contributed by atoms with Crippen molar-refractivity contribution in [2.45, 2.75) is 21.6 Å². The average Bonchev–Trinajstić information content (AvgIpc) is 2.79. The summed E-state index contributed by atoms with van der Waals surface area (Å²) >= 11 is 0. The third-order valence-corrected chi connectivity index (χ3v) is 7.68. The normalized spacial score (nSPS) is 12.2. The van der Waals surface area contributed by atoms with Crippen LogP contribution in [0, 0.1) is 6.92 Å². The van der Waals surface area contributed by atoms with Crippen molar-refractivity contribution in [3.05, 3.63) is 109 Å². The molecule has 1 atom stereocenters. The van der Waals surface area contributed by atoms with E-state index in [9.17, 15) is 0 Å². The highest BCUT2D eigenvalue weighted by molar-refractivity contribution is 7.97. The van der Waals surface area contributed by atoms with Gasteiger partial charge in [0.05, 0.1) is 18.0 Å². The second-order valence-electron chi connectivity index (χ2n) is 7.50. The average molecular weight is 408 g/mol. The SMILES string of the molecule is COc1ccc([S+](c2ccc(C)cc2)c2ccc3cc4ccccc4cc3c2)cc1. The fraction of sp³-hybridized carbons (Fsp3) is 0.0714. The van der Waals surface area contributed by atoms with Crippen molar-refractivity contribution in [3.63, 3.8) is 0 Å². The van der Waals surface area contributed by atoms with Crippen molar-refractivity contribution in [2.75, 3.05) is 7.11 Å². The van der Waals surface area contributed by atoms with Crippen LogP contribution in [0.25, 0.3) is 21.5 Å². The molecule has 0 saturated heterocycles. The Hall–Kier alpha value is -3.23. The highest BCUT2D eigenvalue weighted by Crippen LogP contribution is 2.34. The first kappa shape index (κ1) is 18.8. The summed E-state index contributed by atoms with van der Waals surface area (Å²) in [6, 6.07) is 37.4. The highest BCUT2D eigenvalue weighted by atomic mass is 32.2. The molecular formula is C28H23OS+. The van der Waals surface area contributed by atoms with Gasteiger partial charge in [0, 0.05) is 6.07 Å². The van der Waals surface area contributed by atoms with Gasteiger partial charge in [0.2, 0.25) is 0 Å². The quantitative estimate of drug-likeness (QED) is 0.223. The van der Waals surface area contributed by atoms with Crippen LogP contribution in [0.1, 0.15) is 5.56 Å². The number of hydrogen-bond acceptors (Lipinski definition) is 1. The Balaban J connectivity index is 1.68. The van der Waals surface area contributed by atoms with E-state index in [1.54, 1.807) is 7.11 Å². The summed E-state index contributed by atoms with van der Waals surface area (Å²) in [7, 11) is 1.53. The van der Waals surface area contributed by atoms with Crippen LogP contribution in [0.5, 0.6) is 5.75 Å². The van der Waals surface area contributed by atoms with Crippen molar-refractivity contribution < 1.29 is 4.74 Å². The number of hydrogen-bond donors (Lipinski definition) is 0. The molecule has 0 fully saturated rings. The Bertz CT molecular complexity index is 1320. The van der Waals surface area contributed by atoms with Gasteiger partial charge in [-0.25, -0.2) is 0 Å². The summed E-state index contributed by atoms with van der Waals surface area (Å²) in [5, 5.41) is 5.12. The summed E-state index contributed by atoms with van der Waals surface area (Å²) in [4.78, 5) is 3.94. The molecule has 0 aliphatic carbocycles. The van der Waals surface area contributed by atoms with Crippen molar-refractivity contribution in [1.29, 1.82) is 0 Å². The number of aryl methyl sites for hydroxylation is 1. The number of fused-ring (bicyclic) bond motifs is 2. The summed E-state index contributed by atoms with van der Waals surface area (Å²) < 4.78 is 5.38. The van der Waals surface area contributed by atoms with Gasteiger partial charge in [0.15, 0.2) is 14.7 Å². The third kappa shape index (κ3) is 3.55. The Kier molecular flexibility index (Phi) is 4.94. The van der Waals surface area contributed by atoms with E-state index in [0.29, 0.717) is 0 Å². The Labute approximate surface area is 180 Å². The lowest BCUT2D eigenvalue weighted by Gasteiger charge is -2.10. The molecule has 1 unspecified atom stereocenters. The Morgan fingerprint density at radius 2 is 1.07 bits per heavy atom. The fourth-order valence-corrected chi connectivity index (χ4v) is 5.92. The minimum absolute atomic E-state index is 0.178. The molecule has 0 N–H and O–H groups in total. The first-order valence-electron chi connectivity index (χ1n) is 10.1. The zero-order valence-corrected chi connectivity index (χ0v) is 17.9. The van der Waals surface area contributed by atoms with E-state index in [1.807, 2.05) is 0 Å². The molecule has 5 aromatic carbocycles. The van der Waals surface area contributed by atoms with E-state index in [2.05, 4.69) is 110 Å². The van der Waals surface area contributed by atoms with Gasteiger partial charge < -0.3 is 4.74 Å². The molecule has 0 aliphatic heterocycles. The maximum atomic E-state index is 5.38. The lowest BCUT2D eigenvalue weighted by molar-refractivity contribution is 0.414. The fourth-order valence-electron chi connectivity index (χ4n) is 3.84. The highest BCUT2D eigenvalue weighted by Gasteiger charge is 2.29. The predicted molar refractivity (Wildman–Crippen MR) is 128 cm³/mol. The summed E-state index contributed by atoms with van der Waals surface area (Å²) in [6.45, 7) is 2.14. The standard InChI is InChI=1S/C28H23OS/c1-20-7-12-26(13-8-20)30(27-15-10-25(29-2)11-16-27)28-14-9-23-17-21-5-3-4-6-22(21)18-24(23)19-28/h3-19H,1-2H3/q+1. The number of ether oxygens (including phenoxy) is 1. The van der Waals surface area contributed by atoms with Crippen molar-refractivity contribution in [3.8, 4) is 5.75 Å². The smallest absolute Gasteiger partial charge is 0.167 e. The molecule has 0 radical (unpaired) electrons. The van der Waals surface area contributed by atoms with Gasteiger partial charge in [-0.2, -0.15) is 0 Å². The molecule has 0 aliphatic rings. The van der Waals surface area contributed by atoms with E-state index in [4.69, 9.17) is 4.74 Å². The largest absolute Gasteiger partial charge is 0.497 e. The lowest BCUT2D eigenvalue weighted by Crippen LogP contribution is -2.05. The molecule has 1 nitrogen and oxygen atoms in total. The maximum Gasteiger partial charge on any atom is 0.167 e. The molecule has 0 bridgehead atoms. The van der Waals surface area contributed by atoms with Crippen LogP contribution in [0.2, 0.25) is 0 Å². The number of rotatable bonds is 4. The van der Waals surface area contributed by atoms with Crippen molar-refractivity contribution >= 4 is 32.4 Å². The molecule has 5 rings (SSSR count). The van der Waals surface area contributed by atoms with Gasteiger partial charge in [0.1, 0.15) is 5.75 Å². The monoisotopic (exact) mass is 407 g/mol. The summed E-state index contributed by atoms with van der Waals surface area (Å²) in [5.41, 5.74) is 1.28. The third-order valence-electron chi connectivity index (χ3n) is 5.46. The topological polar surface area (TPSA) is 9.23 Å². The van der Waals surface area contributed by atoms with Crippen LogP contribution in [0.15, 0.2) is 118 Å². The molecule has 0 saturated carbocycles. The van der Waals surface area contributed by atoms with Crippen LogP contribution in [-0.2, 0) is 10.9 Å².